The fourth-order valence-corrected chi connectivity index (χ4v) is 16.2. The molecule has 9 aromatic carbocycles. The number of hydrogen-bond acceptors (Lipinski definition) is 6. The average molecular weight is 871 g/mol. The Morgan fingerprint density at radius 3 is 1.18 bits per heavy atom. The molecule has 10 aromatic rings. The third kappa shape index (κ3) is 5.89. The third-order valence-electron chi connectivity index (χ3n) is 13.5. The Hall–Kier alpha value is -9.01. The Balaban J connectivity index is 1.11. The number of para-hydroxylation sites is 2. The highest BCUT2D eigenvalue weighted by Crippen LogP contribution is 2.58. The molecule has 0 saturated heterocycles. The molecule has 1 aromatic heterocycles. The van der Waals surface area contributed by atoms with Crippen LogP contribution in [0.4, 0.5) is 17.1 Å². The second-order valence-electron chi connectivity index (χ2n) is 16.9. The van der Waals surface area contributed by atoms with Crippen LogP contribution in [-0.2, 0) is 5.41 Å². The quantitative estimate of drug-likeness (QED) is 0.155. The van der Waals surface area contributed by atoms with Crippen LogP contribution in [0, 0.1) is 22.7 Å². The number of nitrogens with zero attached hydrogens (tertiary/aromatic N) is 6. The summed E-state index contributed by atoms with van der Waals surface area (Å²) >= 11 is 0. The second-order valence-corrected chi connectivity index (χ2v) is 20.6. The molecule has 0 amide bonds. The molecule has 0 unspecified atom stereocenters. The van der Waals surface area contributed by atoms with Crippen molar-refractivity contribution < 1.29 is 0 Å². The number of aromatic nitrogens is 3. The van der Waals surface area contributed by atoms with E-state index in [4.69, 9.17) is 15.0 Å². The molecule has 12 rings (SSSR count). The highest BCUT2D eigenvalue weighted by atomic mass is 28.3. The van der Waals surface area contributed by atoms with E-state index >= 15 is 0 Å². The van der Waals surface area contributed by atoms with Gasteiger partial charge in [-0.2, -0.15) is 10.5 Å². The molecule has 0 atom stereocenters. The van der Waals surface area contributed by atoms with Gasteiger partial charge in [0.1, 0.15) is 12.1 Å². The molecule has 7 heteroatoms. The van der Waals surface area contributed by atoms with Crippen molar-refractivity contribution in [1.82, 2.24) is 15.0 Å². The second kappa shape index (κ2) is 15.9. The van der Waals surface area contributed by atoms with E-state index in [1.807, 2.05) is 72.8 Å². The van der Waals surface area contributed by atoms with Gasteiger partial charge < -0.3 is 4.90 Å². The standard InChI is InChI=1S/C60H38N6Si/c61-39-43-37-45(38-44(40-62)56(43)59-64-57(41-21-5-1-6-22-41)63-58(65-59)42-23-7-2-8-24-42)66-52-33-17-13-29-48(52)60(49-30-14-18-34-53(49)66)50-31-15-19-35-54(50)67(46-25-9-3-10-26-46,47-27-11-4-12-28-47)55-36-20-16-32-51(55)60/h1-38H. The van der Waals surface area contributed by atoms with Crippen LogP contribution in [0.2, 0.25) is 0 Å². The summed E-state index contributed by atoms with van der Waals surface area (Å²) in [5.41, 5.74) is 9.08. The summed E-state index contributed by atoms with van der Waals surface area (Å²) in [4.78, 5) is 17.0. The van der Waals surface area contributed by atoms with Crippen molar-refractivity contribution >= 4 is 45.9 Å². The minimum absolute atomic E-state index is 0.255. The molecule has 6 nitrogen and oxygen atoms in total. The summed E-state index contributed by atoms with van der Waals surface area (Å²) in [5, 5.41) is 27.5. The van der Waals surface area contributed by atoms with Crippen LogP contribution in [0.15, 0.2) is 231 Å². The average Bonchev–Trinajstić information content (AvgIpc) is 3.41. The number of nitriles is 2. The van der Waals surface area contributed by atoms with Crippen molar-refractivity contribution in [1.29, 1.82) is 10.5 Å². The summed E-state index contributed by atoms with van der Waals surface area (Å²) in [6.07, 6.45) is 0. The van der Waals surface area contributed by atoms with Gasteiger partial charge in [-0.05, 0) is 67.3 Å². The summed E-state index contributed by atoms with van der Waals surface area (Å²) < 4.78 is 0. The van der Waals surface area contributed by atoms with E-state index in [1.54, 1.807) is 0 Å². The van der Waals surface area contributed by atoms with Crippen molar-refractivity contribution in [2.24, 2.45) is 0 Å². The highest BCUT2D eigenvalue weighted by Gasteiger charge is 2.57. The Morgan fingerprint density at radius 1 is 0.388 bits per heavy atom. The zero-order chi connectivity index (χ0) is 45.0. The van der Waals surface area contributed by atoms with E-state index in [2.05, 4.69) is 175 Å². The van der Waals surface area contributed by atoms with Crippen molar-refractivity contribution in [2.45, 2.75) is 5.41 Å². The van der Waals surface area contributed by atoms with Gasteiger partial charge >= 0.3 is 0 Å². The van der Waals surface area contributed by atoms with Crippen LogP contribution in [0.3, 0.4) is 0 Å². The zero-order valence-electron chi connectivity index (χ0n) is 36.1. The number of fused-ring (bicyclic) bond motifs is 8. The molecule has 2 aliphatic rings. The lowest BCUT2D eigenvalue weighted by atomic mass is 9.62. The molecule has 3 heterocycles. The summed E-state index contributed by atoms with van der Waals surface area (Å²) in [5.74, 6) is 1.15. The maximum Gasteiger partial charge on any atom is 0.180 e. The molecule has 0 bridgehead atoms. The van der Waals surface area contributed by atoms with Gasteiger partial charge in [-0.25, -0.2) is 15.0 Å². The van der Waals surface area contributed by atoms with Gasteiger partial charge in [0, 0.05) is 16.8 Å². The van der Waals surface area contributed by atoms with Crippen LogP contribution in [0.25, 0.3) is 34.2 Å². The Morgan fingerprint density at radius 2 is 0.746 bits per heavy atom. The normalized spacial score (nSPS) is 13.6. The molecular weight excluding hydrogens is 833 g/mol. The van der Waals surface area contributed by atoms with Crippen LogP contribution in [0.5, 0.6) is 0 Å². The Kier molecular flexibility index (Phi) is 9.39. The predicted octanol–water partition coefficient (Wildman–Crippen LogP) is 10.5. The van der Waals surface area contributed by atoms with Gasteiger partial charge in [0.05, 0.1) is 33.5 Å². The molecular formula is C60H38N6Si. The summed E-state index contributed by atoms with van der Waals surface area (Å²) in [7, 11) is -2.93. The van der Waals surface area contributed by atoms with Crippen molar-refractivity contribution in [3.63, 3.8) is 0 Å². The maximum atomic E-state index is 11.1. The molecule has 2 aliphatic heterocycles. The number of hydrogen-bond donors (Lipinski definition) is 0. The first kappa shape index (κ1) is 39.6. The maximum absolute atomic E-state index is 11.1. The third-order valence-corrected chi connectivity index (χ3v) is 18.4. The molecule has 0 fully saturated rings. The monoisotopic (exact) mass is 870 g/mol. The Bertz CT molecular complexity index is 3390. The van der Waals surface area contributed by atoms with Crippen LogP contribution in [-0.4, -0.2) is 23.0 Å². The molecule has 67 heavy (non-hydrogen) atoms. The van der Waals surface area contributed by atoms with Gasteiger partial charge in [0.2, 0.25) is 0 Å². The SMILES string of the molecule is N#Cc1cc(N2c3ccccc3C3(c4ccccc42)c2ccccc2[Si](c2ccccc2)(c2ccccc2)c2ccccc23)cc(C#N)c1-c1nc(-c2ccccc2)nc(-c2ccccc2)n1. The predicted molar refractivity (Wildman–Crippen MR) is 269 cm³/mol. The van der Waals surface area contributed by atoms with Crippen molar-refractivity contribution in [3.8, 4) is 46.3 Å². The topological polar surface area (TPSA) is 89.5 Å². The molecule has 0 N–H and O–H groups in total. The van der Waals surface area contributed by atoms with Crippen molar-refractivity contribution in [2.75, 3.05) is 4.90 Å². The van der Waals surface area contributed by atoms with Crippen LogP contribution < -0.4 is 25.6 Å². The number of benzene rings is 9. The Labute approximate surface area is 390 Å². The zero-order valence-corrected chi connectivity index (χ0v) is 37.1. The van der Waals surface area contributed by atoms with Gasteiger partial charge in [0.15, 0.2) is 25.5 Å². The minimum atomic E-state index is -2.93. The number of rotatable bonds is 6. The smallest absolute Gasteiger partial charge is 0.180 e. The number of anilines is 3. The van der Waals surface area contributed by atoms with Gasteiger partial charge in [0.25, 0.3) is 0 Å². The fourth-order valence-electron chi connectivity index (χ4n) is 10.9. The first-order valence-electron chi connectivity index (χ1n) is 22.3. The minimum Gasteiger partial charge on any atom is -0.310 e. The summed E-state index contributed by atoms with van der Waals surface area (Å²) in [6, 6.07) is 85.8. The lowest BCUT2D eigenvalue weighted by Crippen LogP contribution is -2.79. The van der Waals surface area contributed by atoms with E-state index in [-0.39, 0.29) is 17.0 Å². The lowest BCUT2D eigenvalue weighted by molar-refractivity contribution is 0.736. The van der Waals surface area contributed by atoms with Crippen molar-refractivity contribution in [3.05, 3.63) is 264 Å². The first-order valence-corrected chi connectivity index (χ1v) is 24.3. The highest BCUT2D eigenvalue weighted by molar-refractivity contribution is 7.20. The molecule has 0 radical (unpaired) electrons. The lowest BCUT2D eigenvalue weighted by Gasteiger charge is -2.53. The van der Waals surface area contributed by atoms with Crippen LogP contribution in [0.1, 0.15) is 33.4 Å². The molecule has 1 spiro atoms. The summed E-state index contributed by atoms with van der Waals surface area (Å²) in [6.45, 7) is 0. The molecule has 0 aliphatic carbocycles. The van der Waals surface area contributed by atoms with Gasteiger partial charge in [-0.3, -0.25) is 0 Å². The molecule has 0 saturated carbocycles. The van der Waals surface area contributed by atoms with E-state index in [9.17, 15) is 10.5 Å². The van der Waals surface area contributed by atoms with E-state index < -0.39 is 13.5 Å². The molecule has 312 valence electrons. The largest absolute Gasteiger partial charge is 0.310 e. The van der Waals surface area contributed by atoms with E-state index in [0.717, 1.165) is 33.6 Å². The van der Waals surface area contributed by atoms with Crippen LogP contribution >= 0.6 is 0 Å². The van der Waals surface area contributed by atoms with E-state index in [1.165, 1.54) is 31.9 Å². The fraction of sp³-hybridized carbons (Fsp3) is 0.0167. The van der Waals surface area contributed by atoms with Gasteiger partial charge in [-0.1, -0.05) is 206 Å². The van der Waals surface area contributed by atoms with Gasteiger partial charge in [-0.15, -0.1) is 0 Å². The van der Waals surface area contributed by atoms with E-state index in [0.29, 0.717) is 22.9 Å². The first-order chi connectivity index (χ1) is 33.2.